The van der Waals surface area contributed by atoms with E-state index in [1.807, 2.05) is 0 Å². The predicted octanol–water partition coefficient (Wildman–Crippen LogP) is 2.40. The van der Waals surface area contributed by atoms with Crippen molar-refractivity contribution in [3.05, 3.63) is 33.8 Å². The number of rotatable bonds is 3. The lowest BCUT2D eigenvalue weighted by atomic mass is 10.2. The van der Waals surface area contributed by atoms with Crippen molar-refractivity contribution in [2.45, 2.75) is 0 Å². The third-order valence-corrected chi connectivity index (χ3v) is 2.54. The molecule has 0 radical (unpaired) electrons. The van der Waals surface area contributed by atoms with Crippen LogP contribution in [-0.4, -0.2) is 16.5 Å². The molecule has 17 heavy (non-hydrogen) atoms. The molecule has 0 atom stereocenters. The normalized spacial score (nSPS) is 10.9. The Balaban J connectivity index is 2.14. The van der Waals surface area contributed by atoms with E-state index >= 15 is 0 Å². The van der Waals surface area contributed by atoms with Crippen LogP contribution < -0.4 is 11.2 Å². The molecule has 8 heteroatoms. The fourth-order valence-corrected chi connectivity index (χ4v) is 1.56. The van der Waals surface area contributed by atoms with Crippen molar-refractivity contribution in [2.75, 3.05) is 11.2 Å². The molecule has 0 fully saturated rings. The van der Waals surface area contributed by atoms with E-state index in [0.717, 1.165) is 0 Å². The maximum absolute atomic E-state index is 5.95. The van der Waals surface area contributed by atoms with Gasteiger partial charge >= 0.3 is 0 Å². The van der Waals surface area contributed by atoms with Crippen LogP contribution in [0.5, 0.6) is 0 Å². The number of anilines is 2. The Morgan fingerprint density at radius 3 is 2.59 bits per heavy atom. The van der Waals surface area contributed by atoms with Crippen molar-refractivity contribution >= 4 is 41.1 Å². The highest BCUT2D eigenvalue weighted by molar-refractivity contribution is 6.38. The van der Waals surface area contributed by atoms with Gasteiger partial charge in [-0.15, -0.1) is 0 Å². The Morgan fingerprint density at radius 2 is 2.00 bits per heavy atom. The first-order chi connectivity index (χ1) is 8.18. The van der Waals surface area contributed by atoms with E-state index in [4.69, 9.17) is 28.9 Å². The first-order valence-electron chi connectivity index (χ1n) is 4.49. The molecule has 1 aromatic carbocycles. The lowest BCUT2D eigenvalue weighted by Gasteiger charge is -2.00. The number of hydrogen-bond donors (Lipinski definition) is 2. The number of benzene rings is 1. The SMILES string of the molecule is Nc1nonc1N/N=C/c1c(Cl)cccc1Cl. The smallest absolute Gasteiger partial charge is 0.235 e. The summed E-state index contributed by atoms with van der Waals surface area (Å²) in [6.07, 6.45) is 1.46. The van der Waals surface area contributed by atoms with Crippen LogP contribution in [0.4, 0.5) is 11.6 Å². The molecule has 0 saturated heterocycles. The van der Waals surface area contributed by atoms with Gasteiger partial charge in [0.25, 0.3) is 0 Å². The Hall–Kier alpha value is -1.79. The summed E-state index contributed by atoms with van der Waals surface area (Å²) in [4.78, 5) is 0. The van der Waals surface area contributed by atoms with Crippen LogP contribution in [0.1, 0.15) is 5.56 Å². The fourth-order valence-electron chi connectivity index (χ4n) is 1.06. The zero-order chi connectivity index (χ0) is 12.3. The molecule has 1 heterocycles. The molecule has 0 unspecified atom stereocenters. The third-order valence-electron chi connectivity index (χ3n) is 1.88. The molecule has 2 rings (SSSR count). The van der Waals surface area contributed by atoms with Crippen LogP contribution >= 0.6 is 23.2 Å². The van der Waals surface area contributed by atoms with Gasteiger partial charge in [0.05, 0.1) is 16.3 Å². The summed E-state index contributed by atoms with van der Waals surface area (Å²) in [5.74, 6) is 0.344. The van der Waals surface area contributed by atoms with Crippen molar-refractivity contribution in [1.29, 1.82) is 0 Å². The largest absolute Gasteiger partial charge is 0.378 e. The van der Waals surface area contributed by atoms with E-state index in [-0.39, 0.29) is 11.6 Å². The number of nitrogens with zero attached hydrogens (tertiary/aromatic N) is 3. The Morgan fingerprint density at radius 1 is 1.29 bits per heavy atom. The molecule has 0 bridgehead atoms. The molecule has 0 aliphatic heterocycles. The number of hydrazone groups is 1. The standard InChI is InChI=1S/C9H7Cl2N5O/c10-6-2-1-3-7(11)5(6)4-13-14-9-8(12)15-17-16-9/h1-4H,(H2,12,15)(H,14,16)/b13-4+. The Labute approximate surface area is 106 Å². The molecular weight excluding hydrogens is 265 g/mol. The highest BCUT2D eigenvalue weighted by Crippen LogP contribution is 2.22. The summed E-state index contributed by atoms with van der Waals surface area (Å²) < 4.78 is 4.38. The van der Waals surface area contributed by atoms with Crippen LogP contribution in [0.2, 0.25) is 10.0 Å². The highest BCUT2D eigenvalue weighted by atomic mass is 35.5. The van der Waals surface area contributed by atoms with Gasteiger partial charge in [-0.3, -0.25) is 5.43 Å². The maximum Gasteiger partial charge on any atom is 0.235 e. The molecule has 0 aliphatic rings. The summed E-state index contributed by atoms with van der Waals surface area (Å²) in [6.45, 7) is 0. The Kier molecular flexibility index (Phi) is 3.46. The summed E-state index contributed by atoms with van der Waals surface area (Å²) in [5, 5.41) is 11.7. The first-order valence-corrected chi connectivity index (χ1v) is 5.25. The van der Waals surface area contributed by atoms with E-state index in [1.54, 1.807) is 18.2 Å². The van der Waals surface area contributed by atoms with E-state index < -0.39 is 0 Å². The third kappa shape index (κ3) is 2.66. The Bertz CT molecular complexity index is 534. The summed E-state index contributed by atoms with van der Waals surface area (Å²) in [5.41, 5.74) is 8.58. The fraction of sp³-hybridized carbons (Fsp3) is 0. The second-order valence-electron chi connectivity index (χ2n) is 3.00. The first kappa shape index (κ1) is 11.7. The molecule has 0 amide bonds. The van der Waals surface area contributed by atoms with Gasteiger partial charge in [0.2, 0.25) is 11.6 Å². The van der Waals surface area contributed by atoms with Crippen LogP contribution in [0, 0.1) is 0 Å². The van der Waals surface area contributed by atoms with Crippen LogP contribution in [0.3, 0.4) is 0 Å². The van der Waals surface area contributed by atoms with Gasteiger partial charge in [0.1, 0.15) is 0 Å². The molecule has 6 nitrogen and oxygen atoms in total. The van der Waals surface area contributed by atoms with Crippen molar-refractivity contribution in [3.63, 3.8) is 0 Å². The topological polar surface area (TPSA) is 89.3 Å². The van der Waals surface area contributed by atoms with Gasteiger partial charge in [-0.2, -0.15) is 5.10 Å². The quantitative estimate of drug-likeness (QED) is 0.661. The molecule has 3 N–H and O–H groups in total. The lowest BCUT2D eigenvalue weighted by Crippen LogP contribution is -1.96. The number of nitrogen functional groups attached to an aromatic ring is 1. The summed E-state index contributed by atoms with van der Waals surface area (Å²) in [6, 6.07) is 5.16. The number of nitrogens with two attached hydrogens (primary N) is 1. The minimum Gasteiger partial charge on any atom is -0.378 e. The van der Waals surface area contributed by atoms with Crippen LogP contribution in [0.15, 0.2) is 27.9 Å². The molecular formula is C9H7Cl2N5O. The number of nitrogens with one attached hydrogen (secondary N) is 1. The van der Waals surface area contributed by atoms with Gasteiger partial charge in [0.15, 0.2) is 0 Å². The van der Waals surface area contributed by atoms with E-state index in [2.05, 4.69) is 25.5 Å². The summed E-state index contributed by atoms with van der Waals surface area (Å²) >= 11 is 11.9. The molecule has 0 aliphatic carbocycles. The van der Waals surface area contributed by atoms with Crippen molar-refractivity contribution in [2.24, 2.45) is 5.10 Å². The number of aromatic nitrogens is 2. The van der Waals surface area contributed by atoms with Crippen LogP contribution in [-0.2, 0) is 0 Å². The van der Waals surface area contributed by atoms with Crippen molar-refractivity contribution < 1.29 is 4.63 Å². The number of hydrogen-bond acceptors (Lipinski definition) is 6. The zero-order valence-electron chi connectivity index (χ0n) is 8.39. The number of halogens is 2. The van der Waals surface area contributed by atoms with Gasteiger partial charge in [-0.05, 0) is 22.4 Å². The minimum atomic E-state index is 0.118. The van der Waals surface area contributed by atoms with Gasteiger partial charge in [-0.1, -0.05) is 29.3 Å². The second kappa shape index (κ2) is 5.03. The van der Waals surface area contributed by atoms with Crippen LogP contribution in [0.25, 0.3) is 0 Å². The van der Waals surface area contributed by atoms with Crippen molar-refractivity contribution in [1.82, 2.24) is 10.3 Å². The zero-order valence-corrected chi connectivity index (χ0v) is 9.90. The molecule has 1 aromatic heterocycles. The average molecular weight is 272 g/mol. The highest BCUT2D eigenvalue weighted by Gasteiger charge is 2.04. The van der Waals surface area contributed by atoms with E-state index in [0.29, 0.717) is 15.6 Å². The average Bonchev–Trinajstić information content (AvgIpc) is 2.69. The predicted molar refractivity (Wildman–Crippen MR) is 66.4 cm³/mol. The maximum atomic E-state index is 5.95. The molecule has 0 saturated carbocycles. The minimum absolute atomic E-state index is 0.118. The molecule has 88 valence electrons. The van der Waals surface area contributed by atoms with Gasteiger partial charge < -0.3 is 5.73 Å². The monoisotopic (exact) mass is 271 g/mol. The van der Waals surface area contributed by atoms with E-state index in [9.17, 15) is 0 Å². The second-order valence-corrected chi connectivity index (χ2v) is 3.82. The van der Waals surface area contributed by atoms with Crippen molar-refractivity contribution in [3.8, 4) is 0 Å². The lowest BCUT2D eigenvalue weighted by molar-refractivity contribution is 0.310. The summed E-state index contributed by atoms with van der Waals surface area (Å²) in [7, 11) is 0. The molecule has 2 aromatic rings. The molecule has 0 spiro atoms. The van der Waals surface area contributed by atoms with Gasteiger partial charge in [-0.25, -0.2) is 4.63 Å². The van der Waals surface area contributed by atoms with E-state index in [1.165, 1.54) is 6.21 Å². The van der Waals surface area contributed by atoms with Gasteiger partial charge in [0, 0.05) is 5.56 Å².